The summed E-state index contributed by atoms with van der Waals surface area (Å²) < 4.78 is 6.02. The fourth-order valence-corrected chi connectivity index (χ4v) is 2.35. The number of ether oxygens (including phenoxy) is 1. The van der Waals surface area contributed by atoms with Crippen molar-refractivity contribution in [3.8, 4) is 5.75 Å². The molecule has 2 aromatic rings. The summed E-state index contributed by atoms with van der Waals surface area (Å²) in [4.78, 5) is 11.6. The molecule has 0 spiro atoms. The first kappa shape index (κ1) is 18.0. The van der Waals surface area contributed by atoms with Crippen LogP contribution in [0.1, 0.15) is 43.4 Å². The number of hydrogen-bond donors (Lipinski definition) is 2. The van der Waals surface area contributed by atoms with Gasteiger partial charge in [-0.3, -0.25) is 4.79 Å². The molecule has 128 valence electrons. The van der Waals surface area contributed by atoms with Crippen molar-refractivity contribution in [3.05, 3.63) is 59.2 Å². The highest BCUT2D eigenvalue weighted by Gasteiger charge is 2.09. The van der Waals surface area contributed by atoms with Crippen LogP contribution in [0.25, 0.3) is 0 Å². The van der Waals surface area contributed by atoms with Crippen LogP contribution >= 0.6 is 0 Å². The van der Waals surface area contributed by atoms with Gasteiger partial charge in [-0.1, -0.05) is 38.1 Å². The molecular formula is C20H26N2O2. The highest BCUT2D eigenvalue weighted by Crippen LogP contribution is 2.28. The Morgan fingerprint density at radius 1 is 1.12 bits per heavy atom. The molecule has 0 saturated carbocycles. The fourth-order valence-electron chi connectivity index (χ4n) is 2.35. The van der Waals surface area contributed by atoms with E-state index in [4.69, 9.17) is 10.5 Å². The van der Waals surface area contributed by atoms with E-state index < -0.39 is 6.04 Å². The first-order valence-electron chi connectivity index (χ1n) is 8.25. The predicted octanol–water partition coefficient (Wildman–Crippen LogP) is 3.98. The van der Waals surface area contributed by atoms with Crippen LogP contribution in [-0.2, 0) is 11.4 Å². The van der Waals surface area contributed by atoms with Crippen LogP contribution in [0.15, 0.2) is 42.5 Å². The SMILES string of the molecule is Cc1ccc(C(C)C)c(OCc2ccc(NC(=O)[C@H](C)N)cc2)c1. The summed E-state index contributed by atoms with van der Waals surface area (Å²) in [7, 11) is 0. The van der Waals surface area contributed by atoms with Crippen molar-refractivity contribution in [3.63, 3.8) is 0 Å². The molecule has 0 aliphatic carbocycles. The summed E-state index contributed by atoms with van der Waals surface area (Å²) >= 11 is 0. The number of nitrogens with two attached hydrogens (primary N) is 1. The molecule has 4 heteroatoms. The minimum absolute atomic E-state index is 0.194. The summed E-state index contributed by atoms with van der Waals surface area (Å²) in [5.41, 5.74) is 9.72. The van der Waals surface area contributed by atoms with Gasteiger partial charge in [0, 0.05) is 5.69 Å². The third-order valence-corrected chi connectivity index (χ3v) is 3.82. The zero-order chi connectivity index (χ0) is 17.7. The van der Waals surface area contributed by atoms with Crippen molar-refractivity contribution in [1.29, 1.82) is 0 Å². The van der Waals surface area contributed by atoms with Gasteiger partial charge in [0.2, 0.25) is 5.91 Å². The number of aryl methyl sites for hydroxylation is 1. The van der Waals surface area contributed by atoms with Crippen molar-refractivity contribution in [2.45, 2.75) is 46.3 Å². The second-order valence-electron chi connectivity index (χ2n) is 6.46. The molecule has 0 saturated heterocycles. The number of hydrogen-bond acceptors (Lipinski definition) is 3. The average Bonchev–Trinajstić information content (AvgIpc) is 2.53. The third kappa shape index (κ3) is 4.83. The molecule has 2 aromatic carbocycles. The van der Waals surface area contributed by atoms with Crippen molar-refractivity contribution in [2.24, 2.45) is 5.73 Å². The van der Waals surface area contributed by atoms with Crippen LogP contribution in [0.5, 0.6) is 5.75 Å². The van der Waals surface area contributed by atoms with Crippen LogP contribution in [0.2, 0.25) is 0 Å². The normalized spacial score (nSPS) is 12.1. The van der Waals surface area contributed by atoms with Gasteiger partial charge in [0.05, 0.1) is 6.04 Å². The molecule has 0 aliphatic heterocycles. The predicted molar refractivity (Wildman–Crippen MR) is 98.3 cm³/mol. The number of amides is 1. The van der Waals surface area contributed by atoms with E-state index in [0.29, 0.717) is 12.5 Å². The first-order valence-corrected chi connectivity index (χ1v) is 8.25. The molecule has 24 heavy (non-hydrogen) atoms. The standard InChI is InChI=1S/C20H26N2O2/c1-13(2)18-10-5-14(3)11-19(18)24-12-16-6-8-17(9-7-16)22-20(23)15(4)21/h5-11,13,15H,12,21H2,1-4H3,(H,22,23)/t15-/m0/s1. The Kier molecular flexibility index (Phi) is 5.99. The topological polar surface area (TPSA) is 64.3 Å². The summed E-state index contributed by atoms with van der Waals surface area (Å²) in [5, 5.41) is 2.77. The van der Waals surface area contributed by atoms with Crippen molar-refractivity contribution < 1.29 is 9.53 Å². The Morgan fingerprint density at radius 3 is 2.38 bits per heavy atom. The molecule has 0 fully saturated rings. The average molecular weight is 326 g/mol. The Bertz CT molecular complexity index is 691. The molecule has 0 aromatic heterocycles. The van der Waals surface area contributed by atoms with E-state index in [9.17, 15) is 4.79 Å². The number of carbonyl (C=O) groups is 1. The van der Waals surface area contributed by atoms with E-state index in [1.54, 1.807) is 6.92 Å². The molecule has 2 rings (SSSR count). The lowest BCUT2D eigenvalue weighted by Crippen LogP contribution is -2.32. The van der Waals surface area contributed by atoms with E-state index in [0.717, 1.165) is 17.0 Å². The van der Waals surface area contributed by atoms with Crippen molar-refractivity contribution in [2.75, 3.05) is 5.32 Å². The zero-order valence-corrected chi connectivity index (χ0v) is 14.8. The van der Waals surface area contributed by atoms with Gasteiger partial charge in [-0.25, -0.2) is 0 Å². The van der Waals surface area contributed by atoms with Crippen molar-refractivity contribution in [1.82, 2.24) is 0 Å². The molecule has 4 nitrogen and oxygen atoms in total. The summed E-state index contributed by atoms with van der Waals surface area (Å²) in [6.07, 6.45) is 0. The smallest absolute Gasteiger partial charge is 0.240 e. The molecule has 0 aliphatic rings. The van der Waals surface area contributed by atoms with Gasteiger partial charge in [0.15, 0.2) is 0 Å². The molecule has 0 heterocycles. The van der Waals surface area contributed by atoms with E-state index in [2.05, 4.69) is 44.3 Å². The van der Waals surface area contributed by atoms with E-state index >= 15 is 0 Å². The quantitative estimate of drug-likeness (QED) is 0.844. The largest absolute Gasteiger partial charge is 0.489 e. The third-order valence-electron chi connectivity index (χ3n) is 3.82. The lowest BCUT2D eigenvalue weighted by molar-refractivity contribution is -0.117. The van der Waals surface area contributed by atoms with Gasteiger partial charge < -0.3 is 15.8 Å². The molecule has 3 N–H and O–H groups in total. The highest BCUT2D eigenvalue weighted by atomic mass is 16.5. The lowest BCUT2D eigenvalue weighted by Gasteiger charge is -2.15. The molecular weight excluding hydrogens is 300 g/mol. The minimum atomic E-state index is -0.524. The van der Waals surface area contributed by atoms with Crippen molar-refractivity contribution >= 4 is 11.6 Å². The summed E-state index contributed by atoms with van der Waals surface area (Å²) in [5.74, 6) is 1.15. The summed E-state index contributed by atoms with van der Waals surface area (Å²) in [6.45, 7) is 8.53. The molecule has 1 amide bonds. The monoisotopic (exact) mass is 326 g/mol. The number of anilines is 1. The Labute approximate surface area is 144 Å². The maximum atomic E-state index is 11.6. The van der Waals surface area contributed by atoms with Gasteiger partial charge in [-0.2, -0.15) is 0 Å². The Morgan fingerprint density at radius 2 is 1.79 bits per heavy atom. The van der Waals surface area contributed by atoms with E-state index in [1.807, 2.05) is 24.3 Å². The molecule has 0 bridgehead atoms. The number of nitrogens with one attached hydrogen (secondary N) is 1. The van der Waals surface area contributed by atoms with Crippen LogP contribution in [0, 0.1) is 6.92 Å². The maximum absolute atomic E-state index is 11.6. The fraction of sp³-hybridized carbons (Fsp3) is 0.350. The minimum Gasteiger partial charge on any atom is -0.489 e. The number of carbonyl (C=O) groups excluding carboxylic acids is 1. The van der Waals surface area contributed by atoms with Crippen LogP contribution in [0.3, 0.4) is 0 Å². The van der Waals surface area contributed by atoms with E-state index in [1.165, 1.54) is 11.1 Å². The summed E-state index contributed by atoms with van der Waals surface area (Å²) in [6, 6.07) is 13.4. The van der Waals surface area contributed by atoms with Crippen LogP contribution in [0.4, 0.5) is 5.69 Å². The second-order valence-corrected chi connectivity index (χ2v) is 6.46. The number of rotatable bonds is 6. The Balaban J connectivity index is 2.03. The lowest BCUT2D eigenvalue weighted by atomic mass is 10.0. The second kappa shape index (κ2) is 7.97. The van der Waals surface area contributed by atoms with Gasteiger partial charge in [0.25, 0.3) is 0 Å². The van der Waals surface area contributed by atoms with Gasteiger partial charge in [-0.05, 0) is 54.7 Å². The first-order chi connectivity index (χ1) is 11.4. The van der Waals surface area contributed by atoms with Crippen LogP contribution < -0.4 is 15.8 Å². The Hall–Kier alpha value is -2.33. The number of benzene rings is 2. The van der Waals surface area contributed by atoms with E-state index in [-0.39, 0.29) is 5.91 Å². The highest BCUT2D eigenvalue weighted by molar-refractivity contribution is 5.94. The van der Waals surface area contributed by atoms with Gasteiger partial charge in [0.1, 0.15) is 12.4 Å². The zero-order valence-electron chi connectivity index (χ0n) is 14.8. The molecule has 1 atom stereocenters. The van der Waals surface area contributed by atoms with Gasteiger partial charge >= 0.3 is 0 Å². The molecule has 0 radical (unpaired) electrons. The van der Waals surface area contributed by atoms with Gasteiger partial charge in [-0.15, -0.1) is 0 Å². The van der Waals surface area contributed by atoms with Crippen LogP contribution in [-0.4, -0.2) is 11.9 Å². The molecule has 0 unspecified atom stereocenters. The maximum Gasteiger partial charge on any atom is 0.240 e.